The molecule has 0 saturated carbocycles. The van der Waals surface area contributed by atoms with Crippen molar-refractivity contribution in [2.75, 3.05) is 13.7 Å². The number of hydrogen-bond donors (Lipinski definition) is 0. The highest BCUT2D eigenvalue weighted by atomic mass is 16.6. The minimum Gasteiger partial charge on any atom is -0.497 e. The predicted molar refractivity (Wildman–Crippen MR) is 64.0 cm³/mol. The molecular formula is C13H16O5. The van der Waals surface area contributed by atoms with Crippen molar-refractivity contribution in [2.45, 2.75) is 20.0 Å². The molecule has 0 aliphatic heterocycles. The lowest BCUT2D eigenvalue weighted by atomic mass is 10.2. The van der Waals surface area contributed by atoms with Crippen LogP contribution in [-0.2, 0) is 25.7 Å². The van der Waals surface area contributed by atoms with E-state index >= 15 is 0 Å². The van der Waals surface area contributed by atoms with Gasteiger partial charge in [0.25, 0.3) is 0 Å². The van der Waals surface area contributed by atoms with Gasteiger partial charge in [-0.15, -0.1) is 0 Å². The molecule has 0 radical (unpaired) electrons. The topological polar surface area (TPSA) is 61.8 Å². The first kappa shape index (κ1) is 14.0. The number of hydrogen-bond acceptors (Lipinski definition) is 5. The fourth-order valence-electron chi connectivity index (χ4n) is 1.18. The van der Waals surface area contributed by atoms with E-state index in [-0.39, 0.29) is 13.2 Å². The second-order valence-corrected chi connectivity index (χ2v) is 3.56. The summed E-state index contributed by atoms with van der Waals surface area (Å²) in [6.07, 6.45) is 0.664. The largest absolute Gasteiger partial charge is 0.497 e. The normalized spacial score (nSPS) is 9.67. The van der Waals surface area contributed by atoms with Gasteiger partial charge in [-0.05, 0) is 24.1 Å². The van der Waals surface area contributed by atoms with Crippen molar-refractivity contribution >= 4 is 11.9 Å². The predicted octanol–water partition coefficient (Wildman–Crippen LogP) is 1.69. The number of ether oxygens (including phenoxy) is 3. The molecule has 0 N–H and O–H groups in total. The van der Waals surface area contributed by atoms with Gasteiger partial charge in [0.05, 0.1) is 13.7 Å². The van der Waals surface area contributed by atoms with E-state index < -0.39 is 11.9 Å². The summed E-state index contributed by atoms with van der Waals surface area (Å²) in [5.74, 6) is -1.21. The molecule has 0 saturated heterocycles. The molecule has 1 aromatic carbocycles. The van der Waals surface area contributed by atoms with Gasteiger partial charge in [0.1, 0.15) is 12.4 Å². The molecule has 0 amide bonds. The molecule has 5 heteroatoms. The van der Waals surface area contributed by atoms with Gasteiger partial charge in [-0.25, -0.2) is 9.59 Å². The Kier molecular flexibility index (Phi) is 5.70. The van der Waals surface area contributed by atoms with Crippen molar-refractivity contribution in [2.24, 2.45) is 0 Å². The van der Waals surface area contributed by atoms with Crippen molar-refractivity contribution in [1.82, 2.24) is 0 Å². The maximum atomic E-state index is 11.2. The number of esters is 2. The first-order valence-electron chi connectivity index (χ1n) is 5.64. The van der Waals surface area contributed by atoms with E-state index in [9.17, 15) is 9.59 Å². The first-order chi connectivity index (χ1) is 8.67. The van der Waals surface area contributed by atoms with Crippen molar-refractivity contribution in [3.63, 3.8) is 0 Å². The molecule has 0 heterocycles. The Labute approximate surface area is 106 Å². The summed E-state index contributed by atoms with van der Waals surface area (Å²) >= 11 is 0. The van der Waals surface area contributed by atoms with E-state index in [0.717, 1.165) is 5.56 Å². The van der Waals surface area contributed by atoms with Crippen LogP contribution in [0.5, 0.6) is 5.75 Å². The maximum Gasteiger partial charge on any atom is 0.417 e. The molecule has 0 fully saturated rings. The quantitative estimate of drug-likeness (QED) is 0.589. The maximum absolute atomic E-state index is 11.2. The molecular weight excluding hydrogens is 236 g/mol. The molecule has 0 atom stereocenters. The van der Waals surface area contributed by atoms with Crippen LogP contribution >= 0.6 is 0 Å². The molecule has 0 aromatic heterocycles. The zero-order chi connectivity index (χ0) is 13.4. The highest BCUT2D eigenvalue weighted by molar-refractivity contribution is 6.29. The Hall–Kier alpha value is -2.04. The number of benzene rings is 1. The number of carbonyl (C=O) groups is 2. The van der Waals surface area contributed by atoms with Crippen LogP contribution in [-0.4, -0.2) is 25.7 Å². The summed E-state index contributed by atoms with van der Waals surface area (Å²) in [6, 6.07) is 7.00. The van der Waals surface area contributed by atoms with Crippen LogP contribution in [0.4, 0.5) is 0 Å². The summed E-state index contributed by atoms with van der Waals surface area (Å²) in [5.41, 5.74) is 0.771. The van der Waals surface area contributed by atoms with Crippen LogP contribution in [0.3, 0.4) is 0 Å². The van der Waals surface area contributed by atoms with Crippen LogP contribution in [0.1, 0.15) is 18.9 Å². The van der Waals surface area contributed by atoms with E-state index in [4.69, 9.17) is 9.47 Å². The molecule has 0 unspecified atom stereocenters. The number of methoxy groups -OCH3 is 1. The summed E-state index contributed by atoms with van der Waals surface area (Å²) in [5, 5.41) is 0. The van der Waals surface area contributed by atoms with E-state index in [1.807, 2.05) is 6.92 Å². The lowest BCUT2D eigenvalue weighted by molar-refractivity contribution is -0.168. The van der Waals surface area contributed by atoms with Crippen LogP contribution in [0.2, 0.25) is 0 Å². The zero-order valence-corrected chi connectivity index (χ0v) is 10.5. The van der Waals surface area contributed by atoms with Gasteiger partial charge in [-0.1, -0.05) is 19.1 Å². The van der Waals surface area contributed by atoms with E-state index in [1.54, 1.807) is 31.4 Å². The third-order valence-electron chi connectivity index (χ3n) is 2.13. The van der Waals surface area contributed by atoms with Crippen molar-refractivity contribution < 1.29 is 23.8 Å². The molecule has 0 bridgehead atoms. The Bertz CT molecular complexity index is 396. The second-order valence-electron chi connectivity index (χ2n) is 3.56. The first-order valence-corrected chi connectivity index (χ1v) is 5.64. The molecule has 0 aliphatic carbocycles. The van der Waals surface area contributed by atoms with Gasteiger partial charge in [-0.3, -0.25) is 0 Å². The van der Waals surface area contributed by atoms with Crippen molar-refractivity contribution in [1.29, 1.82) is 0 Å². The average molecular weight is 252 g/mol. The van der Waals surface area contributed by atoms with Crippen molar-refractivity contribution in [3.8, 4) is 5.75 Å². The highest BCUT2D eigenvalue weighted by Crippen LogP contribution is 2.11. The van der Waals surface area contributed by atoms with Gasteiger partial charge >= 0.3 is 11.9 Å². The van der Waals surface area contributed by atoms with Gasteiger partial charge in [0.2, 0.25) is 0 Å². The smallest absolute Gasteiger partial charge is 0.417 e. The van der Waals surface area contributed by atoms with Gasteiger partial charge in [0, 0.05) is 0 Å². The SMILES string of the molecule is CCCOC(=O)C(=O)OCc1ccc(OC)cc1. The average Bonchev–Trinajstić information content (AvgIpc) is 2.42. The molecule has 5 nitrogen and oxygen atoms in total. The monoisotopic (exact) mass is 252 g/mol. The van der Waals surface area contributed by atoms with E-state index in [0.29, 0.717) is 12.2 Å². The molecule has 18 heavy (non-hydrogen) atoms. The zero-order valence-electron chi connectivity index (χ0n) is 10.5. The third kappa shape index (κ3) is 4.45. The molecule has 1 aromatic rings. The van der Waals surface area contributed by atoms with Crippen molar-refractivity contribution in [3.05, 3.63) is 29.8 Å². The summed E-state index contributed by atoms with van der Waals surface area (Å²) in [4.78, 5) is 22.3. The van der Waals surface area contributed by atoms with Crippen LogP contribution in [0.25, 0.3) is 0 Å². The number of rotatable bonds is 5. The fraction of sp³-hybridized carbons (Fsp3) is 0.385. The van der Waals surface area contributed by atoms with Gasteiger partial charge in [-0.2, -0.15) is 0 Å². The van der Waals surface area contributed by atoms with E-state index in [2.05, 4.69) is 4.74 Å². The number of carbonyl (C=O) groups excluding carboxylic acids is 2. The summed E-state index contributed by atoms with van der Waals surface area (Å²) in [7, 11) is 1.57. The lowest BCUT2D eigenvalue weighted by Gasteiger charge is -2.05. The fourth-order valence-corrected chi connectivity index (χ4v) is 1.18. The Morgan fingerprint density at radius 2 is 1.67 bits per heavy atom. The summed E-state index contributed by atoms with van der Waals surface area (Å²) < 4.78 is 14.4. The lowest BCUT2D eigenvalue weighted by Crippen LogP contribution is -2.20. The Balaban J connectivity index is 2.39. The van der Waals surface area contributed by atoms with Gasteiger partial charge < -0.3 is 14.2 Å². The summed E-state index contributed by atoms with van der Waals surface area (Å²) in [6.45, 7) is 2.09. The Morgan fingerprint density at radius 3 is 2.22 bits per heavy atom. The van der Waals surface area contributed by atoms with E-state index in [1.165, 1.54) is 0 Å². The molecule has 98 valence electrons. The minimum absolute atomic E-state index is 0.0318. The highest BCUT2D eigenvalue weighted by Gasteiger charge is 2.16. The minimum atomic E-state index is -0.973. The van der Waals surface area contributed by atoms with Gasteiger partial charge in [0.15, 0.2) is 0 Å². The molecule has 1 rings (SSSR count). The molecule has 0 spiro atoms. The third-order valence-corrected chi connectivity index (χ3v) is 2.13. The van der Waals surface area contributed by atoms with Crippen LogP contribution in [0.15, 0.2) is 24.3 Å². The standard InChI is InChI=1S/C13H16O5/c1-3-8-17-12(14)13(15)18-9-10-4-6-11(16-2)7-5-10/h4-7H,3,8-9H2,1-2H3. The molecule has 0 aliphatic rings. The van der Waals surface area contributed by atoms with Crippen LogP contribution < -0.4 is 4.74 Å². The second kappa shape index (κ2) is 7.32. The van der Waals surface area contributed by atoms with Crippen LogP contribution in [0, 0.1) is 0 Å². The Morgan fingerprint density at radius 1 is 1.06 bits per heavy atom.